The van der Waals surface area contributed by atoms with Crippen LogP contribution in [0.3, 0.4) is 0 Å². The first-order valence-electron chi connectivity index (χ1n) is 9.47. The van der Waals surface area contributed by atoms with Crippen molar-refractivity contribution in [2.24, 2.45) is 0 Å². The van der Waals surface area contributed by atoms with Crippen LogP contribution in [0.4, 0.5) is 0 Å². The van der Waals surface area contributed by atoms with Gasteiger partial charge in [0.25, 0.3) is 0 Å². The summed E-state index contributed by atoms with van der Waals surface area (Å²) in [6.07, 6.45) is 10.1. The van der Waals surface area contributed by atoms with E-state index in [0.29, 0.717) is 11.1 Å². The summed E-state index contributed by atoms with van der Waals surface area (Å²) in [5, 5.41) is 0. The number of carbonyl (C=O) groups excluding carboxylic acids is 4. The molecule has 0 atom stereocenters. The number of ether oxygens (including phenoxy) is 3. The fraction of sp³-hybridized carbons (Fsp3) is 0.333. The molecular weight excluding hydrogens is 436 g/mol. The first kappa shape index (κ1) is 47.8. The van der Waals surface area contributed by atoms with Crippen molar-refractivity contribution in [2.45, 2.75) is 41.5 Å². The summed E-state index contributed by atoms with van der Waals surface area (Å²) in [5.41, 5.74) is 1.05. The van der Waals surface area contributed by atoms with Crippen molar-refractivity contribution in [3.05, 3.63) is 75.1 Å². The van der Waals surface area contributed by atoms with Crippen molar-refractivity contribution < 1.29 is 33.4 Å². The van der Waals surface area contributed by atoms with Crippen LogP contribution in [0.1, 0.15) is 41.5 Å². The quantitative estimate of drug-likeness (QED) is 0.166. The van der Waals surface area contributed by atoms with Gasteiger partial charge >= 0.3 is 11.9 Å². The van der Waals surface area contributed by atoms with Gasteiger partial charge in [0.2, 0.25) is 0 Å². The standard InChI is InChI=1S/C5H8O2.C5H8O.C4H6O2.C4H6O.C3H6O.C3H6.C3H4/c1-4(2)5(6)7-3;1-4(2)5(3)6;1-3-4(5)6-2;1-3-4(2)5;1-3-4-2;2*1-3-2/h1H2,2-3H3;1H2,2-3H3;3H,1H2,2H3;3H,1H2,2H3;3H,1H2,2H3;3H,1H2,2H3;1H,2H3. The number of terminal acetylenes is 1. The number of hydrogen-bond donors (Lipinski definition) is 0. The van der Waals surface area contributed by atoms with Crippen molar-refractivity contribution in [3.63, 3.8) is 0 Å². The van der Waals surface area contributed by atoms with Crippen LogP contribution in [0.5, 0.6) is 0 Å². The Hall–Kier alpha value is -3.92. The van der Waals surface area contributed by atoms with Gasteiger partial charge in [0.05, 0.1) is 27.6 Å². The molecule has 194 valence electrons. The first-order chi connectivity index (χ1) is 15.6. The molecule has 7 nitrogen and oxygen atoms in total. The number of Topliss-reactive ketones (excluding diaryl/α,β-unsaturated/α-hetero) is 1. The Morgan fingerprint density at radius 3 is 1.06 bits per heavy atom. The van der Waals surface area contributed by atoms with Gasteiger partial charge in [-0.2, -0.15) is 0 Å². The van der Waals surface area contributed by atoms with Gasteiger partial charge in [0.1, 0.15) is 0 Å². The molecule has 0 rings (SSSR count). The summed E-state index contributed by atoms with van der Waals surface area (Å²) in [4.78, 5) is 39.8. The molecule has 0 amide bonds. The second-order valence-corrected chi connectivity index (χ2v) is 5.25. The van der Waals surface area contributed by atoms with Crippen LogP contribution in [0.15, 0.2) is 75.1 Å². The van der Waals surface area contributed by atoms with E-state index >= 15 is 0 Å². The van der Waals surface area contributed by atoms with Gasteiger partial charge in [-0.25, -0.2) is 9.59 Å². The summed E-state index contributed by atoms with van der Waals surface area (Å²) in [7, 11) is 4.20. The Bertz CT molecular complexity index is 634. The van der Waals surface area contributed by atoms with Crippen molar-refractivity contribution in [1.82, 2.24) is 0 Å². The Morgan fingerprint density at radius 1 is 0.794 bits per heavy atom. The van der Waals surface area contributed by atoms with Crippen LogP contribution in [0.2, 0.25) is 0 Å². The third-order valence-electron chi connectivity index (χ3n) is 1.96. The number of methoxy groups -OCH3 is 3. The van der Waals surface area contributed by atoms with E-state index in [1.807, 2.05) is 6.92 Å². The summed E-state index contributed by atoms with van der Waals surface area (Å²) in [6, 6.07) is 0. The molecule has 0 aliphatic heterocycles. The minimum absolute atomic E-state index is 0.0185. The molecular formula is C27H44O7. The maximum Gasteiger partial charge on any atom is 0.332 e. The van der Waals surface area contributed by atoms with E-state index in [9.17, 15) is 19.2 Å². The number of esters is 2. The van der Waals surface area contributed by atoms with E-state index in [4.69, 9.17) is 0 Å². The largest absolute Gasteiger partial charge is 0.505 e. The van der Waals surface area contributed by atoms with Gasteiger partial charge in [-0.15, -0.1) is 18.9 Å². The molecule has 0 N–H and O–H groups in total. The zero-order chi connectivity index (χ0) is 29.1. The highest BCUT2D eigenvalue weighted by atomic mass is 16.5. The summed E-state index contributed by atoms with van der Waals surface area (Å²) in [5.74, 6) is 1.59. The van der Waals surface area contributed by atoms with Gasteiger partial charge in [0.15, 0.2) is 11.6 Å². The summed E-state index contributed by atoms with van der Waals surface area (Å²) >= 11 is 0. The maximum atomic E-state index is 10.2. The Kier molecular flexibility index (Phi) is 66.1. The molecule has 0 spiro atoms. The molecule has 0 aliphatic rings. The molecule has 0 heterocycles. The zero-order valence-electron chi connectivity index (χ0n) is 22.5. The summed E-state index contributed by atoms with van der Waals surface area (Å²) in [6.45, 7) is 29.6. The molecule has 0 aliphatic carbocycles. The lowest BCUT2D eigenvalue weighted by Gasteiger charge is -1.91. The molecule has 0 aromatic carbocycles. The number of rotatable bonds is 5. The predicted molar refractivity (Wildman–Crippen MR) is 143 cm³/mol. The Labute approximate surface area is 207 Å². The smallest absolute Gasteiger partial charge is 0.332 e. The number of hydrogen-bond acceptors (Lipinski definition) is 7. The monoisotopic (exact) mass is 480 g/mol. The number of ketones is 2. The van der Waals surface area contributed by atoms with Crippen molar-refractivity contribution >= 4 is 23.5 Å². The van der Waals surface area contributed by atoms with Crippen molar-refractivity contribution in [2.75, 3.05) is 21.3 Å². The average molecular weight is 481 g/mol. The van der Waals surface area contributed by atoms with E-state index in [1.54, 1.807) is 34.0 Å². The molecule has 0 unspecified atom stereocenters. The van der Waals surface area contributed by atoms with Crippen molar-refractivity contribution in [1.29, 1.82) is 0 Å². The minimum Gasteiger partial charge on any atom is -0.505 e. The average Bonchev–Trinajstić information content (AvgIpc) is 2.80. The molecule has 0 saturated heterocycles. The lowest BCUT2D eigenvalue weighted by atomic mass is 10.3. The maximum absolute atomic E-state index is 10.2. The molecule has 0 saturated carbocycles. The fourth-order valence-electron chi connectivity index (χ4n) is 0.258. The van der Waals surface area contributed by atoms with E-state index in [-0.39, 0.29) is 17.5 Å². The molecule has 7 heteroatoms. The highest BCUT2D eigenvalue weighted by Gasteiger charge is 1.95. The van der Waals surface area contributed by atoms with Gasteiger partial charge in [-0.05, 0) is 53.2 Å². The highest BCUT2D eigenvalue weighted by molar-refractivity contribution is 5.91. The molecule has 0 aromatic heterocycles. The second-order valence-electron chi connectivity index (χ2n) is 5.25. The number of allylic oxidation sites excluding steroid dienone is 3. The third-order valence-corrected chi connectivity index (χ3v) is 1.96. The first-order valence-corrected chi connectivity index (χ1v) is 9.47. The SMILES string of the molecule is C#CC.C=C(C)C(=O)OC.C=C(C)C(C)=O.C=CC.C=CC(=O)OC.C=CC(C)=O.C=COC. The van der Waals surface area contributed by atoms with Gasteiger partial charge in [-0.1, -0.05) is 39.0 Å². The molecule has 0 radical (unpaired) electrons. The Balaban J connectivity index is -0.0000000511. The van der Waals surface area contributed by atoms with E-state index < -0.39 is 5.97 Å². The van der Waals surface area contributed by atoms with Crippen molar-refractivity contribution in [3.8, 4) is 12.3 Å². The van der Waals surface area contributed by atoms with Crippen LogP contribution in [-0.2, 0) is 33.4 Å². The highest BCUT2D eigenvalue weighted by Crippen LogP contribution is 1.87. The van der Waals surface area contributed by atoms with E-state index in [2.05, 4.69) is 66.0 Å². The molecule has 34 heavy (non-hydrogen) atoms. The summed E-state index contributed by atoms with van der Waals surface area (Å²) < 4.78 is 12.7. The lowest BCUT2D eigenvalue weighted by molar-refractivity contribution is -0.136. The molecule has 0 fully saturated rings. The van der Waals surface area contributed by atoms with Crippen LogP contribution in [0.25, 0.3) is 0 Å². The van der Waals surface area contributed by atoms with Gasteiger partial charge < -0.3 is 14.2 Å². The van der Waals surface area contributed by atoms with Crippen LogP contribution < -0.4 is 0 Å². The van der Waals surface area contributed by atoms with E-state index in [1.165, 1.54) is 40.4 Å². The fourth-order valence-corrected chi connectivity index (χ4v) is 0.258. The zero-order valence-corrected chi connectivity index (χ0v) is 22.5. The minimum atomic E-state index is -0.394. The Morgan fingerprint density at radius 2 is 1.06 bits per heavy atom. The van der Waals surface area contributed by atoms with Crippen LogP contribution >= 0.6 is 0 Å². The third kappa shape index (κ3) is 120. The van der Waals surface area contributed by atoms with Crippen LogP contribution in [-0.4, -0.2) is 44.8 Å². The number of carbonyl (C=O) groups is 4. The predicted octanol–water partition coefficient (Wildman–Crippen LogP) is 5.60. The molecule has 0 aromatic rings. The van der Waals surface area contributed by atoms with E-state index in [0.717, 1.165) is 6.08 Å². The van der Waals surface area contributed by atoms with Gasteiger partial charge in [-0.3, -0.25) is 9.59 Å². The van der Waals surface area contributed by atoms with Crippen LogP contribution in [0, 0.1) is 12.3 Å². The molecule has 0 bridgehead atoms. The second kappa shape index (κ2) is 47.0. The topological polar surface area (TPSA) is 96.0 Å². The normalized spacial score (nSPS) is 6.35. The van der Waals surface area contributed by atoms with Gasteiger partial charge in [0, 0.05) is 11.6 Å². The lowest BCUT2D eigenvalue weighted by Crippen LogP contribution is -1.98.